The van der Waals surface area contributed by atoms with E-state index in [9.17, 15) is 0 Å². The molecule has 0 aliphatic rings. The number of hydrazine groups is 1. The van der Waals surface area contributed by atoms with E-state index in [0.29, 0.717) is 0 Å². The van der Waals surface area contributed by atoms with Crippen LogP contribution in [0.1, 0.15) is 22.7 Å². The number of nitrogens with zero attached hydrogens (tertiary/aromatic N) is 1. The van der Waals surface area contributed by atoms with Crippen LogP contribution in [0.5, 0.6) is 0 Å². The van der Waals surface area contributed by atoms with Crippen molar-refractivity contribution in [2.45, 2.75) is 13.0 Å². The maximum atomic E-state index is 6.24. The van der Waals surface area contributed by atoms with Crippen molar-refractivity contribution in [2.24, 2.45) is 5.84 Å². The van der Waals surface area contributed by atoms with E-state index in [1.807, 2.05) is 43.5 Å². The standard InChI is InChI=1S/C17H16ClN3/c1-11-13(5-3-7-16(11)18)17(21-19)14-6-2-4-12-8-9-20-10-15(12)14/h2-10,17,21H,19H2,1H3. The van der Waals surface area contributed by atoms with Crippen LogP contribution < -0.4 is 11.3 Å². The number of pyridine rings is 1. The number of fused-ring (bicyclic) bond motifs is 1. The lowest BCUT2D eigenvalue weighted by atomic mass is 9.92. The van der Waals surface area contributed by atoms with Crippen molar-refractivity contribution >= 4 is 22.4 Å². The van der Waals surface area contributed by atoms with Crippen molar-refractivity contribution in [3.63, 3.8) is 0 Å². The second-order valence-corrected chi connectivity index (χ2v) is 5.40. The molecular formula is C17H16ClN3. The van der Waals surface area contributed by atoms with Crippen molar-refractivity contribution in [2.75, 3.05) is 0 Å². The molecule has 3 nitrogen and oxygen atoms in total. The maximum Gasteiger partial charge on any atom is 0.0719 e. The number of rotatable bonds is 3. The van der Waals surface area contributed by atoms with Gasteiger partial charge in [0.25, 0.3) is 0 Å². The Bertz CT molecular complexity index is 781. The molecule has 1 unspecified atom stereocenters. The summed E-state index contributed by atoms with van der Waals surface area (Å²) < 4.78 is 0. The summed E-state index contributed by atoms with van der Waals surface area (Å²) in [7, 11) is 0. The fourth-order valence-electron chi connectivity index (χ4n) is 2.67. The first-order valence-corrected chi connectivity index (χ1v) is 7.14. The quantitative estimate of drug-likeness (QED) is 0.572. The Morgan fingerprint density at radius 1 is 1.10 bits per heavy atom. The normalized spacial score (nSPS) is 12.5. The van der Waals surface area contributed by atoms with Gasteiger partial charge in [-0.2, -0.15) is 0 Å². The lowest BCUT2D eigenvalue weighted by Gasteiger charge is -2.21. The Labute approximate surface area is 128 Å². The highest BCUT2D eigenvalue weighted by Gasteiger charge is 2.18. The van der Waals surface area contributed by atoms with Gasteiger partial charge in [-0.25, -0.2) is 5.43 Å². The molecule has 3 rings (SSSR count). The number of hydrogen-bond acceptors (Lipinski definition) is 3. The molecule has 0 amide bonds. The second kappa shape index (κ2) is 5.82. The second-order valence-electron chi connectivity index (χ2n) is 5.00. The number of aromatic nitrogens is 1. The maximum absolute atomic E-state index is 6.24. The number of nitrogens with two attached hydrogens (primary N) is 1. The molecule has 0 bridgehead atoms. The third-order valence-electron chi connectivity index (χ3n) is 3.82. The average Bonchev–Trinajstić information content (AvgIpc) is 2.52. The summed E-state index contributed by atoms with van der Waals surface area (Å²) >= 11 is 6.24. The van der Waals surface area contributed by atoms with Crippen molar-refractivity contribution in [1.29, 1.82) is 0 Å². The average molecular weight is 298 g/mol. The summed E-state index contributed by atoms with van der Waals surface area (Å²) in [5.41, 5.74) is 6.10. The van der Waals surface area contributed by atoms with Crippen LogP contribution in [0.15, 0.2) is 54.9 Å². The zero-order chi connectivity index (χ0) is 14.8. The number of benzene rings is 2. The Morgan fingerprint density at radius 3 is 2.67 bits per heavy atom. The molecule has 106 valence electrons. The molecule has 1 atom stereocenters. The number of halogens is 1. The van der Waals surface area contributed by atoms with Gasteiger partial charge in [0, 0.05) is 22.8 Å². The highest BCUT2D eigenvalue weighted by molar-refractivity contribution is 6.31. The first kappa shape index (κ1) is 14.0. The van der Waals surface area contributed by atoms with Gasteiger partial charge in [0.05, 0.1) is 6.04 Å². The van der Waals surface area contributed by atoms with Crippen LogP contribution in [0.3, 0.4) is 0 Å². The summed E-state index contributed by atoms with van der Waals surface area (Å²) in [5, 5.41) is 2.97. The van der Waals surface area contributed by atoms with Crippen LogP contribution in [0.2, 0.25) is 5.02 Å². The van der Waals surface area contributed by atoms with Crippen molar-refractivity contribution in [1.82, 2.24) is 10.4 Å². The minimum Gasteiger partial charge on any atom is -0.271 e. The van der Waals surface area contributed by atoms with E-state index in [1.165, 1.54) is 0 Å². The molecule has 3 aromatic rings. The highest BCUT2D eigenvalue weighted by Crippen LogP contribution is 2.31. The van der Waals surface area contributed by atoms with E-state index >= 15 is 0 Å². The van der Waals surface area contributed by atoms with E-state index in [-0.39, 0.29) is 6.04 Å². The van der Waals surface area contributed by atoms with Gasteiger partial charge >= 0.3 is 0 Å². The van der Waals surface area contributed by atoms with Gasteiger partial charge in [-0.1, -0.05) is 41.9 Å². The first-order valence-electron chi connectivity index (χ1n) is 6.76. The Morgan fingerprint density at radius 2 is 1.86 bits per heavy atom. The molecular weight excluding hydrogens is 282 g/mol. The largest absolute Gasteiger partial charge is 0.271 e. The Balaban J connectivity index is 2.21. The minimum atomic E-state index is -0.128. The third kappa shape index (κ3) is 2.51. The predicted octanol–water partition coefficient (Wildman–Crippen LogP) is 3.75. The molecule has 3 N–H and O–H groups in total. The third-order valence-corrected chi connectivity index (χ3v) is 4.23. The van der Waals surface area contributed by atoms with E-state index in [4.69, 9.17) is 17.4 Å². The van der Waals surface area contributed by atoms with Gasteiger partial charge in [-0.15, -0.1) is 0 Å². The molecule has 0 spiro atoms. The monoisotopic (exact) mass is 297 g/mol. The Hall–Kier alpha value is -1.94. The van der Waals surface area contributed by atoms with Crippen LogP contribution >= 0.6 is 11.6 Å². The fraction of sp³-hybridized carbons (Fsp3) is 0.118. The highest BCUT2D eigenvalue weighted by atomic mass is 35.5. The first-order chi connectivity index (χ1) is 10.2. The van der Waals surface area contributed by atoms with Gasteiger partial charge in [-0.05, 0) is 41.1 Å². The Kier molecular flexibility index (Phi) is 3.88. The molecule has 0 aliphatic carbocycles. The van der Waals surface area contributed by atoms with Crippen LogP contribution in [0, 0.1) is 6.92 Å². The summed E-state index contributed by atoms with van der Waals surface area (Å²) in [6.45, 7) is 2.01. The molecule has 0 radical (unpaired) electrons. The number of nitrogens with one attached hydrogen (secondary N) is 1. The van der Waals surface area contributed by atoms with Crippen molar-refractivity contribution < 1.29 is 0 Å². The van der Waals surface area contributed by atoms with Crippen LogP contribution in [-0.2, 0) is 0 Å². The van der Waals surface area contributed by atoms with Gasteiger partial charge in [0.1, 0.15) is 0 Å². The molecule has 0 fully saturated rings. The molecule has 0 saturated heterocycles. The zero-order valence-corrected chi connectivity index (χ0v) is 12.4. The van der Waals surface area contributed by atoms with Gasteiger partial charge < -0.3 is 0 Å². The predicted molar refractivity (Wildman–Crippen MR) is 87.1 cm³/mol. The van der Waals surface area contributed by atoms with Crippen LogP contribution in [0.4, 0.5) is 0 Å². The molecule has 4 heteroatoms. The lowest BCUT2D eigenvalue weighted by Crippen LogP contribution is -2.29. The summed E-state index contributed by atoms with van der Waals surface area (Å²) in [6, 6.07) is 13.9. The molecule has 0 saturated carbocycles. The molecule has 1 heterocycles. The summed E-state index contributed by atoms with van der Waals surface area (Å²) in [6.07, 6.45) is 3.66. The van der Waals surface area contributed by atoms with E-state index < -0.39 is 0 Å². The van der Waals surface area contributed by atoms with Crippen molar-refractivity contribution in [3.8, 4) is 0 Å². The fourth-order valence-corrected chi connectivity index (χ4v) is 2.85. The molecule has 0 aliphatic heterocycles. The molecule has 21 heavy (non-hydrogen) atoms. The molecule has 2 aromatic carbocycles. The zero-order valence-electron chi connectivity index (χ0n) is 11.7. The summed E-state index contributed by atoms with van der Waals surface area (Å²) in [4.78, 5) is 4.23. The topological polar surface area (TPSA) is 50.9 Å². The lowest BCUT2D eigenvalue weighted by molar-refractivity contribution is 0.637. The van der Waals surface area contributed by atoms with E-state index in [2.05, 4.69) is 22.5 Å². The van der Waals surface area contributed by atoms with Crippen molar-refractivity contribution in [3.05, 3.63) is 76.6 Å². The van der Waals surface area contributed by atoms with Crippen LogP contribution in [-0.4, -0.2) is 4.98 Å². The summed E-state index contributed by atoms with van der Waals surface area (Å²) in [5.74, 6) is 5.83. The van der Waals surface area contributed by atoms with Gasteiger partial charge in [0.15, 0.2) is 0 Å². The SMILES string of the molecule is Cc1c(Cl)cccc1C(NN)c1cccc2ccncc12. The van der Waals surface area contributed by atoms with Gasteiger partial charge in [-0.3, -0.25) is 10.8 Å². The van der Waals surface area contributed by atoms with E-state index in [1.54, 1.807) is 6.20 Å². The molecule has 1 aromatic heterocycles. The number of hydrogen-bond donors (Lipinski definition) is 2. The van der Waals surface area contributed by atoms with Gasteiger partial charge in [0.2, 0.25) is 0 Å². The van der Waals surface area contributed by atoms with Crippen LogP contribution in [0.25, 0.3) is 10.8 Å². The van der Waals surface area contributed by atoms with E-state index in [0.717, 1.165) is 32.5 Å². The smallest absolute Gasteiger partial charge is 0.0719 e. The minimum absolute atomic E-state index is 0.128.